The zero-order valence-electron chi connectivity index (χ0n) is 11.2. The Balaban J connectivity index is 1.66. The molecule has 0 fully saturated rings. The monoisotopic (exact) mass is 257 g/mol. The molecule has 0 aliphatic carbocycles. The average Bonchev–Trinajstić information content (AvgIpc) is 2.89. The Morgan fingerprint density at radius 3 is 2.89 bits per heavy atom. The first-order valence-corrected chi connectivity index (χ1v) is 6.78. The van der Waals surface area contributed by atoms with Gasteiger partial charge in [-0.1, -0.05) is 12.1 Å². The fraction of sp³-hybridized carbons (Fsp3) is 0.400. The smallest absolute Gasteiger partial charge is 0.126 e. The Hall–Kier alpha value is -1.97. The van der Waals surface area contributed by atoms with E-state index in [0.29, 0.717) is 0 Å². The predicted octanol–water partition coefficient (Wildman–Crippen LogP) is 2.49. The van der Waals surface area contributed by atoms with Crippen molar-refractivity contribution in [1.29, 1.82) is 0 Å². The van der Waals surface area contributed by atoms with Crippen molar-refractivity contribution in [3.8, 4) is 5.75 Å². The average molecular weight is 257 g/mol. The summed E-state index contributed by atoms with van der Waals surface area (Å²) < 4.78 is 7.47. The number of hydrogen-bond donors (Lipinski definition) is 1. The second-order valence-corrected chi connectivity index (χ2v) is 4.84. The van der Waals surface area contributed by atoms with Gasteiger partial charge in [0.2, 0.25) is 0 Å². The number of rotatable bonds is 4. The minimum Gasteiger partial charge on any atom is -0.497 e. The van der Waals surface area contributed by atoms with E-state index in [0.717, 1.165) is 37.5 Å². The lowest BCUT2D eigenvalue weighted by molar-refractivity contribution is 0.414. The molecule has 2 heterocycles. The van der Waals surface area contributed by atoms with E-state index in [9.17, 15) is 0 Å². The molecule has 19 heavy (non-hydrogen) atoms. The zero-order valence-corrected chi connectivity index (χ0v) is 11.2. The number of anilines is 1. The normalized spacial score (nSPS) is 13.7. The van der Waals surface area contributed by atoms with E-state index < -0.39 is 0 Å². The van der Waals surface area contributed by atoms with Crippen molar-refractivity contribution >= 4 is 5.82 Å². The van der Waals surface area contributed by atoms with Gasteiger partial charge in [-0.15, -0.1) is 0 Å². The molecule has 1 N–H and O–H groups in total. The standard InChI is InChI=1S/C15H19N3O/c1-19-13-6-3-12(4-7-13)5-8-14-17-11-15-16-9-2-10-18(14)15/h3-4,6-7,11,16H,2,5,8-10H2,1H3. The van der Waals surface area contributed by atoms with Gasteiger partial charge < -0.3 is 14.6 Å². The molecule has 0 saturated heterocycles. The molecule has 1 aromatic carbocycles. The van der Waals surface area contributed by atoms with Crippen LogP contribution in [-0.4, -0.2) is 23.2 Å². The van der Waals surface area contributed by atoms with Crippen molar-refractivity contribution < 1.29 is 4.74 Å². The summed E-state index contributed by atoms with van der Waals surface area (Å²) in [5.74, 6) is 3.25. The van der Waals surface area contributed by atoms with Crippen molar-refractivity contribution in [2.24, 2.45) is 0 Å². The van der Waals surface area contributed by atoms with E-state index in [-0.39, 0.29) is 0 Å². The molecule has 4 nitrogen and oxygen atoms in total. The molecular formula is C15H19N3O. The van der Waals surface area contributed by atoms with Gasteiger partial charge >= 0.3 is 0 Å². The van der Waals surface area contributed by atoms with Gasteiger partial charge in [0.25, 0.3) is 0 Å². The first-order chi connectivity index (χ1) is 9.36. The third kappa shape index (κ3) is 2.57. The number of imidazole rings is 1. The molecule has 0 radical (unpaired) electrons. The molecule has 1 aliphatic rings. The molecule has 0 amide bonds. The van der Waals surface area contributed by atoms with Gasteiger partial charge in [-0.05, 0) is 30.5 Å². The maximum Gasteiger partial charge on any atom is 0.126 e. The molecule has 2 aromatic rings. The van der Waals surface area contributed by atoms with Crippen LogP contribution < -0.4 is 10.1 Å². The van der Waals surface area contributed by atoms with E-state index in [4.69, 9.17) is 4.74 Å². The lowest BCUT2D eigenvalue weighted by Gasteiger charge is -2.18. The largest absolute Gasteiger partial charge is 0.497 e. The van der Waals surface area contributed by atoms with Gasteiger partial charge in [0.1, 0.15) is 17.4 Å². The van der Waals surface area contributed by atoms with Crippen LogP contribution in [0.3, 0.4) is 0 Å². The highest BCUT2D eigenvalue weighted by molar-refractivity contribution is 5.36. The number of benzene rings is 1. The number of nitrogens with zero attached hydrogens (tertiary/aromatic N) is 2. The summed E-state index contributed by atoms with van der Waals surface area (Å²) in [5.41, 5.74) is 1.32. The molecule has 1 aliphatic heterocycles. The van der Waals surface area contributed by atoms with E-state index in [2.05, 4.69) is 27.0 Å². The highest BCUT2D eigenvalue weighted by Gasteiger charge is 2.12. The van der Waals surface area contributed by atoms with Gasteiger partial charge in [-0.25, -0.2) is 4.98 Å². The summed E-state index contributed by atoms with van der Waals surface area (Å²) in [6.07, 6.45) is 5.12. The Kier molecular flexibility index (Phi) is 3.40. The maximum absolute atomic E-state index is 5.17. The predicted molar refractivity (Wildman–Crippen MR) is 75.7 cm³/mol. The van der Waals surface area contributed by atoms with E-state index in [1.807, 2.05) is 18.3 Å². The van der Waals surface area contributed by atoms with Crippen molar-refractivity contribution in [3.05, 3.63) is 41.9 Å². The second-order valence-electron chi connectivity index (χ2n) is 4.84. The lowest BCUT2D eigenvalue weighted by Crippen LogP contribution is -2.18. The molecule has 100 valence electrons. The Morgan fingerprint density at radius 1 is 1.26 bits per heavy atom. The third-order valence-corrected chi connectivity index (χ3v) is 3.60. The minimum absolute atomic E-state index is 0.908. The quantitative estimate of drug-likeness (QED) is 0.914. The van der Waals surface area contributed by atoms with Crippen molar-refractivity contribution in [3.63, 3.8) is 0 Å². The van der Waals surface area contributed by atoms with Crippen LogP contribution in [0.4, 0.5) is 5.82 Å². The van der Waals surface area contributed by atoms with Crippen LogP contribution in [0.15, 0.2) is 30.5 Å². The molecule has 0 bridgehead atoms. The number of aromatic nitrogens is 2. The number of aryl methyl sites for hydroxylation is 2. The summed E-state index contributed by atoms with van der Waals surface area (Å²) in [6.45, 7) is 2.14. The maximum atomic E-state index is 5.17. The van der Waals surface area contributed by atoms with Crippen LogP contribution in [0.25, 0.3) is 0 Å². The summed E-state index contributed by atoms with van der Waals surface area (Å²) in [6, 6.07) is 8.27. The minimum atomic E-state index is 0.908. The molecule has 4 heteroatoms. The van der Waals surface area contributed by atoms with Crippen LogP contribution in [-0.2, 0) is 19.4 Å². The molecule has 3 rings (SSSR count). The number of hydrogen-bond acceptors (Lipinski definition) is 3. The second kappa shape index (κ2) is 5.34. The number of methoxy groups -OCH3 is 1. The Morgan fingerprint density at radius 2 is 2.11 bits per heavy atom. The van der Waals surface area contributed by atoms with Gasteiger partial charge in [-0.2, -0.15) is 0 Å². The molecule has 1 aromatic heterocycles. The van der Waals surface area contributed by atoms with E-state index in [1.54, 1.807) is 7.11 Å². The SMILES string of the molecule is COc1ccc(CCc2ncc3n2CCCN3)cc1. The molecule has 0 atom stereocenters. The number of ether oxygens (including phenoxy) is 1. The lowest BCUT2D eigenvalue weighted by atomic mass is 10.1. The van der Waals surface area contributed by atoms with Gasteiger partial charge in [-0.3, -0.25) is 0 Å². The first-order valence-electron chi connectivity index (χ1n) is 6.78. The topological polar surface area (TPSA) is 39.1 Å². The van der Waals surface area contributed by atoms with Crippen LogP contribution in [0.5, 0.6) is 5.75 Å². The highest BCUT2D eigenvalue weighted by atomic mass is 16.5. The fourth-order valence-corrected chi connectivity index (χ4v) is 2.51. The highest BCUT2D eigenvalue weighted by Crippen LogP contribution is 2.18. The van der Waals surface area contributed by atoms with Gasteiger partial charge in [0.15, 0.2) is 0 Å². The van der Waals surface area contributed by atoms with Crippen LogP contribution >= 0.6 is 0 Å². The van der Waals surface area contributed by atoms with Crippen LogP contribution in [0.1, 0.15) is 17.8 Å². The van der Waals surface area contributed by atoms with Crippen LogP contribution in [0.2, 0.25) is 0 Å². The first kappa shape index (κ1) is 12.1. The third-order valence-electron chi connectivity index (χ3n) is 3.60. The number of nitrogens with one attached hydrogen (secondary N) is 1. The summed E-state index contributed by atoms with van der Waals surface area (Å²) in [7, 11) is 1.69. The van der Waals surface area contributed by atoms with Crippen molar-refractivity contribution in [1.82, 2.24) is 9.55 Å². The summed E-state index contributed by atoms with van der Waals surface area (Å²) in [4.78, 5) is 4.52. The summed E-state index contributed by atoms with van der Waals surface area (Å²) in [5, 5.41) is 3.38. The molecule has 0 unspecified atom stereocenters. The Bertz CT molecular complexity index is 545. The van der Waals surface area contributed by atoms with Crippen molar-refractivity contribution in [2.45, 2.75) is 25.8 Å². The van der Waals surface area contributed by atoms with Crippen molar-refractivity contribution in [2.75, 3.05) is 19.0 Å². The fourth-order valence-electron chi connectivity index (χ4n) is 2.51. The van der Waals surface area contributed by atoms with Crippen LogP contribution in [0, 0.1) is 0 Å². The van der Waals surface area contributed by atoms with E-state index in [1.165, 1.54) is 17.8 Å². The summed E-state index contributed by atoms with van der Waals surface area (Å²) >= 11 is 0. The molecule has 0 saturated carbocycles. The molecular weight excluding hydrogens is 238 g/mol. The van der Waals surface area contributed by atoms with Gasteiger partial charge in [0, 0.05) is 19.5 Å². The van der Waals surface area contributed by atoms with E-state index >= 15 is 0 Å². The molecule has 0 spiro atoms. The Labute approximate surface area is 113 Å². The van der Waals surface area contributed by atoms with Gasteiger partial charge in [0.05, 0.1) is 13.3 Å². The number of fused-ring (bicyclic) bond motifs is 1. The zero-order chi connectivity index (χ0) is 13.1.